The number of anilines is 1. The SMILES string of the molecule is O=C1NC(=O)C23C=CC(O2)C2(O)CCCc4cccc(c42)N13. The minimum absolute atomic E-state index is 0.504. The van der Waals surface area contributed by atoms with Gasteiger partial charge in [-0.15, -0.1) is 0 Å². The number of aliphatic hydroxyl groups is 1. The van der Waals surface area contributed by atoms with Crippen molar-refractivity contribution in [2.24, 2.45) is 0 Å². The summed E-state index contributed by atoms with van der Waals surface area (Å²) < 4.78 is 5.93. The highest BCUT2D eigenvalue weighted by Gasteiger charge is 2.63. The molecule has 0 aromatic heterocycles. The maximum atomic E-state index is 12.3. The zero-order valence-electron chi connectivity index (χ0n) is 11.7. The Balaban J connectivity index is 1.88. The quantitative estimate of drug-likeness (QED) is 0.552. The van der Waals surface area contributed by atoms with Gasteiger partial charge >= 0.3 is 6.03 Å². The lowest BCUT2D eigenvalue weighted by Gasteiger charge is -2.38. The van der Waals surface area contributed by atoms with E-state index < -0.39 is 29.4 Å². The molecule has 22 heavy (non-hydrogen) atoms. The smallest absolute Gasteiger partial charge is 0.331 e. The number of hydrogen-bond donors (Lipinski definition) is 2. The van der Waals surface area contributed by atoms with Gasteiger partial charge in [-0.1, -0.05) is 18.2 Å². The summed E-state index contributed by atoms with van der Waals surface area (Å²) in [4.78, 5) is 26.0. The molecular formula is C16H14N2O4. The van der Waals surface area contributed by atoms with Gasteiger partial charge in [0.05, 0.1) is 5.69 Å². The molecule has 1 aliphatic carbocycles. The van der Waals surface area contributed by atoms with Crippen molar-refractivity contribution in [2.75, 3.05) is 4.90 Å². The molecule has 3 atom stereocenters. The van der Waals surface area contributed by atoms with Gasteiger partial charge in [0.2, 0.25) is 0 Å². The molecule has 4 aliphatic rings. The average molecular weight is 298 g/mol. The zero-order valence-corrected chi connectivity index (χ0v) is 11.7. The molecular weight excluding hydrogens is 284 g/mol. The minimum atomic E-state index is -1.47. The van der Waals surface area contributed by atoms with E-state index in [0.717, 1.165) is 24.0 Å². The van der Waals surface area contributed by atoms with E-state index in [2.05, 4.69) is 5.32 Å². The largest absolute Gasteiger partial charge is 0.382 e. The van der Waals surface area contributed by atoms with Crippen LogP contribution in [0.5, 0.6) is 0 Å². The second kappa shape index (κ2) is 3.59. The van der Waals surface area contributed by atoms with Gasteiger partial charge in [-0.2, -0.15) is 0 Å². The number of ether oxygens (including phenoxy) is 1. The number of hydrogen-bond acceptors (Lipinski definition) is 4. The van der Waals surface area contributed by atoms with Crippen LogP contribution in [0.15, 0.2) is 30.4 Å². The Morgan fingerprint density at radius 1 is 1.36 bits per heavy atom. The average Bonchev–Trinajstić information content (AvgIpc) is 3.00. The molecule has 3 aliphatic heterocycles. The lowest BCUT2D eigenvalue weighted by Crippen LogP contribution is -2.49. The van der Waals surface area contributed by atoms with Crippen molar-refractivity contribution >= 4 is 17.6 Å². The number of benzene rings is 1. The molecule has 6 heteroatoms. The van der Waals surface area contributed by atoms with Crippen molar-refractivity contribution in [3.63, 3.8) is 0 Å². The number of nitrogens with one attached hydrogen (secondary N) is 1. The number of urea groups is 1. The second-order valence-corrected chi connectivity index (χ2v) is 6.28. The molecule has 6 nitrogen and oxygen atoms in total. The number of amides is 3. The number of aryl methyl sites for hydroxylation is 1. The normalized spacial score (nSPS) is 37.7. The molecule has 0 radical (unpaired) electrons. The van der Waals surface area contributed by atoms with Gasteiger partial charge < -0.3 is 9.84 Å². The van der Waals surface area contributed by atoms with Crippen LogP contribution in [0.3, 0.4) is 0 Å². The molecule has 2 N–H and O–H groups in total. The first-order valence-electron chi connectivity index (χ1n) is 7.44. The monoisotopic (exact) mass is 298 g/mol. The molecule has 3 heterocycles. The fraction of sp³-hybridized carbons (Fsp3) is 0.375. The van der Waals surface area contributed by atoms with Crippen LogP contribution in [0, 0.1) is 0 Å². The number of nitrogens with zero attached hydrogens (tertiary/aromatic N) is 1. The Morgan fingerprint density at radius 2 is 2.23 bits per heavy atom. The summed E-state index contributed by atoms with van der Waals surface area (Å²) in [5.74, 6) is -0.504. The van der Waals surface area contributed by atoms with Crippen LogP contribution < -0.4 is 10.2 Å². The summed E-state index contributed by atoms with van der Waals surface area (Å²) >= 11 is 0. The summed E-state index contributed by atoms with van der Waals surface area (Å²) in [6, 6.07) is 5.08. The van der Waals surface area contributed by atoms with E-state index in [1.807, 2.05) is 12.1 Å². The molecule has 1 fully saturated rings. The highest BCUT2D eigenvalue weighted by atomic mass is 16.6. The Kier molecular flexibility index (Phi) is 2.02. The van der Waals surface area contributed by atoms with Gasteiger partial charge in [-0.05, 0) is 37.0 Å². The van der Waals surface area contributed by atoms with E-state index >= 15 is 0 Å². The van der Waals surface area contributed by atoms with Gasteiger partial charge in [0.1, 0.15) is 11.7 Å². The van der Waals surface area contributed by atoms with Gasteiger partial charge in [-0.25, -0.2) is 4.79 Å². The van der Waals surface area contributed by atoms with E-state index in [9.17, 15) is 14.7 Å². The predicted molar refractivity (Wildman–Crippen MR) is 76.0 cm³/mol. The third-order valence-electron chi connectivity index (χ3n) is 5.16. The minimum Gasteiger partial charge on any atom is -0.382 e. The van der Waals surface area contributed by atoms with Crippen molar-refractivity contribution in [1.82, 2.24) is 5.32 Å². The Hall–Kier alpha value is -2.18. The van der Waals surface area contributed by atoms with Crippen molar-refractivity contribution in [3.8, 4) is 0 Å². The van der Waals surface area contributed by atoms with Gasteiger partial charge in [0.25, 0.3) is 11.6 Å². The van der Waals surface area contributed by atoms with Crippen molar-refractivity contribution in [2.45, 2.75) is 36.7 Å². The molecule has 112 valence electrons. The summed E-state index contributed by atoms with van der Waals surface area (Å²) in [6.45, 7) is 0. The number of imide groups is 1. The third-order valence-corrected chi connectivity index (χ3v) is 5.16. The predicted octanol–water partition coefficient (Wildman–Crippen LogP) is 0.932. The first-order chi connectivity index (χ1) is 10.6. The molecule has 1 aromatic carbocycles. The maximum Gasteiger partial charge on any atom is 0.331 e. The summed E-state index contributed by atoms with van der Waals surface area (Å²) in [5, 5.41) is 13.6. The van der Waals surface area contributed by atoms with E-state index in [4.69, 9.17) is 4.74 Å². The van der Waals surface area contributed by atoms with E-state index in [1.54, 1.807) is 18.2 Å². The number of rotatable bonds is 0. The highest BCUT2D eigenvalue weighted by molar-refractivity contribution is 6.18. The molecule has 1 spiro atoms. The van der Waals surface area contributed by atoms with E-state index in [1.165, 1.54) is 4.90 Å². The maximum absolute atomic E-state index is 12.3. The van der Waals surface area contributed by atoms with Crippen LogP contribution in [0.2, 0.25) is 0 Å². The number of carbonyl (C=O) groups excluding carboxylic acids is 2. The van der Waals surface area contributed by atoms with Crippen LogP contribution in [0.25, 0.3) is 0 Å². The fourth-order valence-electron chi connectivity index (χ4n) is 4.23. The fourth-order valence-corrected chi connectivity index (χ4v) is 4.23. The van der Waals surface area contributed by atoms with Crippen LogP contribution in [0.1, 0.15) is 24.0 Å². The molecule has 2 bridgehead atoms. The van der Waals surface area contributed by atoms with E-state index in [-0.39, 0.29) is 0 Å². The summed E-state index contributed by atoms with van der Waals surface area (Å²) in [7, 11) is 0. The first kappa shape index (κ1) is 12.4. The Labute approximate surface area is 126 Å². The highest BCUT2D eigenvalue weighted by Crippen LogP contribution is 2.53. The molecule has 1 aromatic rings. The van der Waals surface area contributed by atoms with Crippen LogP contribution in [0.4, 0.5) is 10.5 Å². The standard InChI is InChI=1S/C16H14N2O4/c19-13-16-8-6-11(22-16)15(21)7-2-4-9-3-1-5-10(12(9)15)18(16)14(20)17-13/h1,3,5-6,8,11,21H,2,4,7H2,(H,17,19,20). The molecule has 5 rings (SSSR count). The van der Waals surface area contributed by atoms with Crippen LogP contribution >= 0.6 is 0 Å². The lowest BCUT2D eigenvalue weighted by atomic mass is 9.74. The van der Waals surface area contributed by atoms with Crippen molar-refractivity contribution in [3.05, 3.63) is 41.5 Å². The van der Waals surface area contributed by atoms with E-state index in [0.29, 0.717) is 12.1 Å². The second-order valence-electron chi connectivity index (χ2n) is 6.28. The first-order valence-corrected chi connectivity index (χ1v) is 7.44. The summed E-state index contributed by atoms with van der Waals surface area (Å²) in [6.07, 6.45) is 4.89. The van der Waals surface area contributed by atoms with Crippen molar-refractivity contribution in [1.29, 1.82) is 0 Å². The molecule has 3 amide bonds. The molecule has 0 saturated carbocycles. The number of carbonyl (C=O) groups is 2. The Bertz CT molecular complexity index is 773. The number of fused-ring (bicyclic) bond motifs is 3. The summed E-state index contributed by atoms with van der Waals surface area (Å²) in [5.41, 5.74) is -0.366. The zero-order chi connectivity index (χ0) is 15.1. The molecule has 3 unspecified atom stereocenters. The molecule has 1 saturated heterocycles. The third kappa shape index (κ3) is 1.16. The Morgan fingerprint density at radius 3 is 3.09 bits per heavy atom. The van der Waals surface area contributed by atoms with Crippen LogP contribution in [-0.2, 0) is 21.6 Å². The lowest BCUT2D eigenvalue weighted by molar-refractivity contribution is -0.152. The van der Waals surface area contributed by atoms with Gasteiger partial charge in [-0.3, -0.25) is 15.0 Å². The van der Waals surface area contributed by atoms with Crippen molar-refractivity contribution < 1.29 is 19.4 Å². The topological polar surface area (TPSA) is 78.9 Å². The van der Waals surface area contributed by atoms with Crippen LogP contribution in [-0.4, -0.2) is 28.9 Å². The van der Waals surface area contributed by atoms with Gasteiger partial charge in [0.15, 0.2) is 0 Å². The van der Waals surface area contributed by atoms with Gasteiger partial charge in [0, 0.05) is 5.56 Å².